The van der Waals surface area contributed by atoms with Crippen molar-refractivity contribution in [3.05, 3.63) is 75.8 Å². The second-order valence-electron chi connectivity index (χ2n) is 11.5. The van der Waals surface area contributed by atoms with Crippen LogP contribution in [0.25, 0.3) is 0 Å². The molecular weight excluding hydrogens is 586 g/mol. The molecule has 12 nitrogen and oxygen atoms in total. The summed E-state index contributed by atoms with van der Waals surface area (Å²) in [5.74, 6) is 0.0900. The van der Waals surface area contributed by atoms with E-state index in [9.17, 15) is 29.3 Å². The molecule has 2 aromatic carbocycles. The third kappa shape index (κ3) is 11.2. The molecule has 1 aliphatic rings. The zero-order valence-corrected chi connectivity index (χ0v) is 26.5. The van der Waals surface area contributed by atoms with Crippen LogP contribution in [0.4, 0.5) is 15.3 Å². The molecule has 238 valence electrons. The highest BCUT2D eigenvalue weighted by Gasteiger charge is 2.32. The van der Waals surface area contributed by atoms with Crippen LogP contribution in [-0.4, -0.2) is 99.4 Å². The van der Waals surface area contributed by atoms with Gasteiger partial charge >= 0.3 is 12.1 Å². The average molecular weight is 628 g/mol. The van der Waals surface area contributed by atoms with Gasteiger partial charge in [0, 0.05) is 70.5 Å². The molecule has 3 rings (SSSR count). The monoisotopic (exact) mass is 627 g/mol. The summed E-state index contributed by atoms with van der Waals surface area (Å²) in [6.07, 6.45) is 0.258. The second kappa shape index (κ2) is 16.1. The number of thioether (sulfide) groups is 1. The minimum atomic E-state index is -0.961. The summed E-state index contributed by atoms with van der Waals surface area (Å²) in [4.78, 5) is 66.9. The molecule has 0 aromatic heterocycles. The van der Waals surface area contributed by atoms with Crippen LogP contribution in [0.3, 0.4) is 0 Å². The maximum Gasteiger partial charge on any atom is 0.410 e. The maximum atomic E-state index is 13.8. The fraction of sp³-hybridized carbons (Fsp3) is 0.484. The number of non-ortho nitro benzene ring substituents is 1. The summed E-state index contributed by atoms with van der Waals surface area (Å²) in [7, 11) is 0. The molecule has 1 fully saturated rings. The van der Waals surface area contributed by atoms with Crippen molar-refractivity contribution in [1.82, 2.24) is 20.0 Å². The van der Waals surface area contributed by atoms with Gasteiger partial charge in [0.05, 0.1) is 4.92 Å². The fourth-order valence-electron chi connectivity index (χ4n) is 4.61. The van der Waals surface area contributed by atoms with Gasteiger partial charge in [-0.25, -0.2) is 9.59 Å². The SMILES string of the molecule is CC(=O)SCCN(CCc1ccccc1)C(=O)N[C@@H](Cc1ccc([N+](=O)[O-])cc1)C(=O)N1CCN(C(=O)OC(C)(C)C)CC1. The van der Waals surface area contributed by atoms with Gasteiger partial charge in [-0.05, 0) is 38.3 Å². The van der Waals surface area contributed by atoms with Gasteiger partial charge < -0.3 is 24.8 Å². The molecule has 0 aliphatic carbocycles. The van der Waals surface area contributed by atoms with Gasteiger partial charge in [0.15, 0.2) is 5.12 Å². The fourth-order valence-corrected chi connectivity index (χ4v) is 5.21. The van der Waals surface area contributed by atoms with E-state index in [2.05, 4.69) is 5.32 Å². The Hall–Kier alpha value is -4.13. The van der Waals surface area contributed by atoms with Crippen LogP contribution in [0.15, 0.2) is 54.6 Å². The molecule has 0 radical (unpaired) electrons. The lowest BCUT2D eigenvalue weighted by molar-refractivity contribution is -0.384. The number of carbonyl (C=O) groups excluding carboxylic acids is 4. The van der Waals surface area contributed by atoms with E-state index in [0.717, 1.165) is 17.3 Å². The molecule has 1 saturated heterocycles. The molecule has 1 heterocycles. The minimum Gasteiger partial charge on any atom is -0.444 e. The maximum absolute atomic E-state index is 13.8. The van der Waals surface area contributed by atoms with E-state index in [-0.39, 0.29) is 49.3 Å². The molecule has 0 spiro atoms. The van der Waals surface area contributed by atoms with Crippen LogP contribution in [0, 0.1) is 10.1 Å². The summed E-state index contributed by atoms with van der Waals surface area (Å²) < 4.78 is 5.46. The third-order valence-electron chi connectivity index (χ3n) is 6.89. The number of hydrogen-bond acceptors (Lipinski definition) is 8. The lowest BCUT2D eigenvalue weighted by Crippen LogP contribution is -2.58. The Kier molecular flexibility index (Phi) is 12.6. The van der Waals surface area contributed by atoms with Crippen molar-refractivity contribution in [2.75, 3.05) is 45.0 Å². The molecular formula is C31H41N5O7S. The number of urea groups is 1. The summed E-state index contributed by atoms with van der Waals surface area (Å²) in [5.41, 5.74) is 0.976. The lowest BCUT2D eigenvalue weighted by Gasteiger charge is -2.37. The Morgan fingerprint density at radius 3 is 2.14 bits per heavy atom. The van der Waals surface area contributed by atoms with E-state index >= 15 is 0 Å². The van der Waals surface area contributed by atoms with Crippen molar-refractivity contribution in [2.24, 2.45) is 0 Å². The Morgan fingerprint density at radius 1 is 0.955 bits per heavy atom. The van der Waals surface area contributed by atoms with Crippen molar-refractivity contribution in [3.8, 4) is 0 Å². The van der Waals surface area contributed by atoms with E-state index in [4.69, 9.17) is 4.74 Å². The molecule has 44 heavy (non-hydrogen) atoms. The van der Waals surface area contributed by atoms with Gasteiger partial charge in [0.25, 0.3) is 5.69 Å². The summed E-state index contributed by atoms with van der Waals surface area (Å²) in [6, 6.07) is 14.2. The first-order valence-electron chi connectivity index (χ1n) is 14.5. The number of piperazine rings is 1. The number of carbonyl (C=O) groups is 4. The Morgan fingerprint density at radius 2 is 1.57 bits per heavy atom. The topological polar surface area (TPSA) is 142 Å². The van der Waals surface area contributed by atoms with Gasteiger partial charge in [0.1, 0.15) is 11.6 Å². The zero-order chi connectivity index (χ0) is 32.3. The first-order valence-corrected chi connectivity index (χ1v) is 15.5. The summed E-state index contributed by atoms with van der Waals surface area (Å²) >= 11 is 1.13. The van der Waals surface area contributed by atoms with E-state index in [0.29, 0.717) is 30.8 Å². The molecule has 1 N–H and O–H groups in total. The van der Waals surface area contributed by atoms with Crippen molar-refractivity contribution in [2.45, 2.75) is 52.2 Å². The highest BCUT2D eigenvalue weighted by atomic mass is 32.2. The number of nitro benzene ring substituents is 1. The van der Waals surface area contributed by atoms with Gasteiger partial charge in [-0.15, -0.1) is 0 Å². The zero-order valence-electron chi connectivity index (χ0n) is 25.7. The van der Waals surface area contributed by atoms with E-state index in [1.54, 1.807) is 47.6 Å². The quantitative estimate of drug-likeness (QED) is 0.290. The molecule has 4 amide bonds. The van der Waals surface area contributed by atoms with Crippen molar-refractivity contribution in [3.63, 3.8) is 0 Å². The molecule has 13 heteroatoms. The van der Waals surface area contributed by atoms with E-state index < -0.39 is 28.7 Å². The second-order valence-corrected chi connectivity index (χ2v) is 12.8. The largest absolute Gasteiger partial charge is 0.444 e. The molecule has 0 bridgehead atoms. The Bertz CT molecular complexity index is 1290. The van der Waals surface area contributed by atoms with Crippen molar-refractivity contribution >= 4 is 40.6 Å². The normalized spacial score (nSPS) is 14.0. The number of rotatable bonds is 11. The van der Waals surface area contributed by atoms with Crippen LogP contribution < -0.4 is 5.32 Å². The van der Waals surface area contributed by atoms with Crippen molar-refractivity contribution in [1.29, 1.82) is 0 Å². The van der Waals surface area contributed by atoms with E-state index in [1.165, 1.54) is 19.1 Å². The lowest BCUT2D eigenvalue weighted by atomic mass is 10.0. The predicted molar refractivity (Wildman–Crippen MR) is 168 cm³/mol. The number of amides is 4. The van der Waals surface area contributed by atoms with Gasteiger partial charge in [-0.2, -0.15) is 0 Å². The molecule has 0 saturated carbocycles. The summed E-state index contributed by atoms with van der Waals surface area (Å²) in [5, 5.41) is 14.0. The molecule has 0 unspecified atom stereocenters. The Labute approximate surface area is 262 Å². The summed E-state index contributed by atoms with van der Waals surface area (Å²) in [6.45, 7) is 8.61. The van der Waals surface area contributed by atoms with Crippen LogP contribution in [-0.2, 0) is 27.2 Å². The average Bonchev–Trinajstić information content (AvgIpc) is 2.98. The molecule has 1 atom stereocenters. The van der Waals surface area contributed by atoms with Gasteiger partial charge in [0.2, 0.25) is 5.91 Å². The number of nitro groups is 1. The molecule has 1 aliphatic heterocycles. The van der Waals surface area contributed by atoms with Gasteiger partial charge in [-0.1, -0.05) is 54.2 Å². The first kappa shape index (κ1) is 34.4. The number of nitrogens with zero attached hydrogens (tertiary/aromatic N) is 4. The molecule has 2 aromatic rings. The number of hydrogen-bond donors (Lipinski definition) is 1. The van der Waals surface area contributed by atoms with Crippen LogP contribution >= 0.6 is 11.8 Å². The van der Waals surface area contributed by atoms with Crippen LogP contribution in [0.1, 0.15) is 38.8 Å². The van der Waals surface area contributed by atoms with E-state index in [1.807, 2.05) is 30.3 Å². The van der Waals surface area contributed by atoms with Crippen molar-refractivity contribution < 1.29 is 28.8 Å². The standard InChI is InChI=1S/C31H41N5O7S/c1-23(37)44-21-20-34(15-14-24-8-6-5-7-9-24)29(39)32-27(22-25-10-12-26(13-11-25)36(41)42)28(38)33-16-18-35(19-17-33)30(40)43-31(2,3)4/h5-13,27H,14-22H2,1-4H3,(H,32,39)/t27-/m0/s1. The number of benzene rings is 2. The highest BCUT2D eigenvalue weighted by molar-refractivity contribution is 8.13. The third-order valence-corrected chi connectivity index (χ3v) is 7.69. The first-order chi connectivity index (χ1) is 20.8. The number of ether oxygens (including phenoxy) is 1. The smallest absolute Gasteiger partial charge is 0.410 e. The van der Waals surface area contributed by atoms with Gasteiger partial charge in [-0.3, -0.25) is 19.7 Å². The Balaban J connectivity index is 1.76. The van der Waals surface area contributed by atoms with Crippen LogP contribution in [0.2, 0.25) is 0 Å². The number of nitrogens with one attached hydrogen (secondary N) is 1. The minimum absolute atomic E-state index is 0.0508. The predicted octanol–water partition coefficient (Wildman–Crippen LogP) is 4.12. The van der Waals surface area contributed by atoms with Crippen LogP contribution in [0.5, 0.6) is 0 Å². The highest BCUT2D eigenvalue weighted by Crippen LogP contribution is 2.17.